The summed E-state index contributed by atoms with van der Waals surface area (Å²) < 4.78 is 21.4. The van der Waals surface area contributed by atoms with Gasteiger partial charge in [0.05, 0.1) is 31.9 Å². The first kappa shape index (κ1) is 35.0. The van der Waals surface area contributed by atoms with Crippen LogP contribution in [0.5, 0.6) is 17.6 Å². The van der Waals surface area contributed by atoms with Gasteiger partial charge in [-0.05, 0) is 69.2 Å². The summed E-state index contributed by atoms with van der Waals surface area (Å²) in [5.74, 6) is -2.61. The molecule has 0 bridgehead atoms. The highest BCUT2D eigenvalue weighted by molar-refractivity contribution is 6.06. The Morgan fingerprint density at radius 3 is 1.57 bits per heavy atom. The van der Waals surface area contributed by atoms with E-state index < -0.39 is 28.4 Å². The van der Waals surface area contributed by atoms with Crippen molar-refractivity contribution >= 4 is 34.8 Å². The number of carbonyl (C=O) groups is 3. The first-order chi connectivity index (χ1) is 22.2. The topological polar surface area (TPSA) is 272 Å². The largest absolute Gasteiger partial charge is 0.476 e. The average molecular weight is 642 g/mol. The Kier molecular flexibility index (Phi) is 13.5. The van der Waals surface area contributed by atoms with Gasteiger partial charge in [0, 0.05) is 6.07 Å². The van der Waals surface area contributed by atoms with Crippen molar-refractivity contribution in [2.45, 2.75) is 19.3 Å². The van der Waals surface area contributed by atoms with Crippen LogP contribution in [-0.4, -0.2) is 84.2 Å². The second-order valence-corrected chi connectivity index (χ2v) is 9.25. The molecule has 0 aliphatic heterocycles. The van der Waals surface area contributed by atoms with E-state index in [0.29, 0.717) is 38.9 Å². The number of rotatable bonds is 18. The van der Waals surface area contributed by atoms with Crippen LogP contribution in [0.1, 0.15) is 50.7 Å². The quantitative estimate of drug-likeness (QED) is 0.0566. The van der Waals surface area contributed by atoms with Crippen molar-refractivity contribution in [1.29, 1.82) is 0 Å². The van der Waals surface area contributed by atoms with Crippen LogP contribution in [0.15, 0.2) is 36.4 Å². The summed E-state index contributed by atoms with van der Waals surface area (Å²) in [7, 11) is 1.21. The maximum Gasteiger partial charge on any atom is 0.356 e. The molecule has 2 amide bonds. The number of esters is 1. The molecule has 18 nitrogen and oxygen atoms in total. The van der Waals surface area contributed by atoms with Crippen molar-refractivity contribution in [3.63, 3.8) is 0 Å². The van der Waals surface area contributed by atoms with Crippen LogP contribution >= 0.6 is 0 Å². The number of nitrogens with one attached hydrogen (secondary N) is 2. The zero-order valence-electron chi connectivity index (χ0n) is 25.0. The van der Waals surface area contributed by atoms with Crippen molar-refractivity contribution in [2.24, 2.45) is 17.2 Å². The standard InChI is InChI=1S/C28H35N9O9/c1-43-28(40)21-8-7-20(26(36-21)45-15-3-12-30)33-23(38)17-5-6-19(25(34-17)44-14-2-11-29)32-24(39)18-9-10-22(37(41)42)27(35-18)46-16-4-13-31/h5-10H,2-4,11-16,29-31H2,1H3,(H,32,39)(H,33,38). The molecule has 246 valence electrons. The minimum absolute atomic E-state index is 0.0324. The number of hydrogen-bond acceptors (Lipinski definition) is 15. The third kappa shape index (κ3) is 9.78. The Labute approximate surface area is 263 Å². The van der Waals surface area contributed by atoms with Crippen LogP contribution in [0.3, 0.4) is 0 Å². The summed E-state index contributed by atoms with van der Waals surface area (Å²) in [6, 6.07) is 7.76. The van der Waals surface area contributed by atoms with Gasteiger partial charge in [0.1, 0.15) is 22.8 Å². The molecule has 3 aromatic rings. The van der Waals surface area contributed by atoms with Gasteiger partial charge >= 0.3 is 11.7 Å². The molecule has 8 N–H and O–H groups in total. The molecule has 0 aliphatic rings. The highest BCUT2D eigenvalue weighted by Gasteiger charge is 2.23. The number of anilines is 2. The van der Waals surface area contributed by atoms with E-state index in [-0.39, 0.29) is 65.9 Å². The van der Waals surface area contributed by atoms with Gasteiger partial charge in [-0.25, -0.2) is 19.7 Å². The van der Waals surface area contributed by atoms with Crippen molar-refractivity contribution in [3.8, 4) is 17.6 Å². The van der Waals surface area contributed by atoms with Gasteiger partial charge < -0.3 is 46.8 Å². The van der Waals surface area contributed by atoms with E-state index >= 15 is 0 Å². The van der Waals surface area contributed by atoms with E-state index in [1.807, 2.05) is 0 Å². The fraction of sp³-hybridized carbons (Fsp3) is 0.357. The van der Waals surface area contributed by atoms with E-state index in [9.17, 15) is 24.5 Å². The lowest BCUT2D eigenvalue weighted by molar-refractivity contribution is -0.386. The van der Waals surface area contributed by atoms with Gasteiger partial charge in [-0.3, -0.25) is 19.7 Å². The molecule has 3 heterocycles. The number of carbonyl (C=O) groups excluding carboxylic acids is 3. The SMILES string of the molecule is COC(=O)c1ccc(NC(=O)c2ccc(NC(=O)c3ccc([N+](=O)[O-])c(OCCCN)n3)c(OCCCN)n2)c(OCCCN)n1. The number of ether oxygens (including phenoxy) is 4. The van der Waals surface area contributed by atoms with Crippen LogP contribution in [0.25, 0.3) is 0 Å². The molecular weight excluding hydrogens is 606 g/mol. The Morgan fingerprint density at radius 2 is 1.11 bits per heavy atom. The first-order valence-electron chi connectivity index (χ1n) is 14.1. The lowest BCUT2D eigenvalue weighted by Gasteiger charge is -2.14. The molecule has 3 aromatic heterocycles. The van der Waals surface area contributed by atoms with Gasteiger partial charge in [-0.1, -0.05) is 0 Å². The lowest BCUT2D eigenvalue weighted by Crippen LogP contribution is -2.19. The zero-order chi connectivity index (χ0) is 33.5. The molecule has 0 fully saturated rings. The molecule has 0 radical (unpaired) electrons. The van der Waals surface area contributed by atoms with E-state index in [0.717, 1.165) is 6.07 Å². The summed E-state index contributed by atoms with van der Waals surface area (Å²) in [5.41, 5.74) is 16.0. The van der Waals surface area contributed by atoms with Gasteiger partial charge in [0.15, 0.2) is 5.69 Å². The Balaban J connectivity index is 1.87. The Morgan fingerprint density at radius 1 is 0.696 bits per heavy atom. The first-order valence-corrected chi connectivity index (χ1v) is 14.1. The minimum atomic E-state index is -0.753. The molecule has 0 aliphatic carbocycles. The number of amides is 2. The maximum atomic E-state index is 13.2. The number of nitrogens with zero attached hydrogens (tertiary/aromatic N) is 4. The van der Waals surface area contributed by atoms with Crippen molar-refractivity contribution < 1.29 is 38.3 Å². The van der Waals surface area contributed by atoms with Gasteiger partial charge in [0.25, 0.3) is 17.7 Å². The van der Waals surface area contributed by atoms with Crippen LogP contribution in [0, 0.1) is 10.1 Å². The molecule has 0 unspecified atom stereocenters. The minimum Gasteiger partial charge on any atom is -0.476 e. The number of aromatic nitrogens is 3. The molecule has 0 saturated heterocycles. The number of nitrogens with two attached hydrogens (primary N) is 3. The zero-order valence-corrected chi connectivity index (χ0v) is 25.0. The monoisotopic (exact) mass is 641 g/mol. The number of methoxy groups -OCH3 is 1. The van der Waals surface area contributed by atoms with Gasteiger partial charge in [-0.15, -0.1) is 0 Å². The van der Waals surface area contributed by atoms with Crippen molar-refractivity contribution in [1.82, 2.24) is 15.0 Å². The van der Waals surface area contributed by atoms with Crippen molar-refractivity contribution in [3.05, 3.63) is 63.6 Å². The molecule has 0 spiro atoms. The highest BCUT2D eigenvalue weighted by atomic mass is 16.6. The van der Waals surface area contributed by atoms with Crippen LogP contribution in [-0.2, 0) is 4.74 Å². The second kappa shape index (κ2) is 17.7. The normalized spacial score (nSPS) is 10.5. The summed E-state index contributed by atoms with van der Waals surface area (Å²) in [6.45, 7) is 1.31. The third-order valence-corrected chi connectivity index (χ3v) is 5.88. The smallest absolute Gasteiger partial charge is 0.356 e. The van der Waals surface area contributed by atoms with Gasteiger partial charge in [0.2, 0.25) is 11.8 Å². The van der Waals surface area contributed by atoms with E-state index in [1.165, 1.54) is 37.4 Å². The molecule has 18 heteroatoms. The lowest BCUT2D eigenvalue weighted by atomic mass is 10.2. The Hall–Kier alpha value is -5.46. The van der Waals surface area contributed by atoms with Crippen molar-refractivity contribution in [2.75, 3.05) is 57.2 Å². The number of nitro groups is 1. The van der Waals surface area contributed by atoms with E-state index in [2.05, 4.69) is 25.6 Å². The van der Waals surface area contributed by atoms with E-state index in [1.54, 1.807) is 0 Å². The molecular formula is C28H35N9O9. The predicted molar refractivity (Wildman–Crippen MR) is 164 cm³/mol. The summed E-state index contributed by atoms with van der Waals surface area (Å²) in [4.78, 5) is 61.4. The molecule has 3 rings (SSSR count). The van der Waals surface area contributed by atoms with Crippen LogP contribution in [0.2, 0.25) is 0 Å². The fourth-order valence-electron chi connectivity index (χ4n) is 3.57. The molecule has 0 aromatic carbocycles. The average Bonchev–Trinajstić information content (AvgIpc) is 3.05. The van der Waals surface area contributed by atoms with E-state index in [4.69, 9.17) is 36.1 Å². The van der Waals surface area contributed by atoms with Gasteiger partial charge in [-0.2, -0.15) is 0 Å². The molecule has 0 saturated carbocycles. The summed E-state index contributed by atoms with van der Waals surface area (Å²) >= 11 is 0. The second-order valence-electron chi connectivity index (χ2n) is 9.25. The van der Waals surface area contributed by atoms with Crippen LogP contribution < -0.4 is 42.0 Å². The predicted octanol–water partition coefficient (Wildman–Crippen LogP) is 1.25. The third-order valence-electron chi connectivity index (χ3n) is 5.88. The summed E-state index contributed by atoms with van der Waals surface area (Å²) in [6.07, 6.45) is 1.36. The number of hydrogen-bond donors (Lipinski definition) is 5. The summed E-state index contributed by atoms with van der Waals surface area (Å²) in [5, 5.41) is 16.6. The Bertz CT molecular complexity index is 1540. The number of pyridine rings is 3. The fourth-order valence-corrected chi connectivity index (χ4v) is 3.57. The molecule has 0 atom stereocenters. The maximum absolute atomic E-state index is 13.2. The highest BCUT2D eigenvalue weighted by Crippen LogP contribution is 2.28. The molecule has 46 heavy (non-hydrogen) atoms. The van der Waals surface area contributed by atoms with Crippen LogP contribution in [0.4, 0.5) is 17.1 Å².